The molecule has 0 atom stereocenters. The van der Waals surface area contributed by atoms with Gasteiger partial charge in [0.05, 0.1) is 0 Å². The summed E-state index contributed by atoms with van der Waals surface area (Å²) >= 11 is 0.725. The van der Waals surface area contributed by atoms with Crippen LogP contribution in [-0.2, 0) is 12.8 Å². The van der Waals surface area contributed by atoms with E-state index < -0.39 is 0 Å². The van der Waals surface area contributed by atoms with Gasteiger partial charge in [-0.3, -0.25) is 0 Å². The Balaban J connectivity index is 2.05. The first kappa shape index (κ1) is 15.2. The second-order valence-corrected chi connectivity index (χ2v) is 7.65. The molecule has 2 nitrogen and oxygen atoms in total. The molecule has 112 valence electrons. The molecule has 0 saturated heterocycles. The van der Waals surface area contributed by atoms with Crippen LogP contribution in [0.25, 0.3) is 0 Å². The number of nitrogens with zero attached hydrogens (tertiary/aromatic N) is 2. The minimum absolute atomic E-state index is 0.725. The maximum absolute atomic E-state index is 9.24. The van der Waals surface area contributed by atoms with E-state index in [1.165, 1.54) is 34.2 Å². The molecule has 3 rings (SSSR count). The molecule has 0 bridgehead atoms. The van der Waals surface area contributed by atoms with Gasteiger partial charge < -0.3 is 0 Å². The predicted molar refractivity (Wildman–Crippen MR) is 93.1 cm³/mol. The number of anilines is 2. The Morgan fingerprint density at radius 3 is 2.64 bits per heavy atom. The molecule has 1 aliphatic heterocycles. The third kappa shape index (κ3) is 3.04. The van der Waals surface area contributed by atoms with Gasteiger partial charge in [-0.15, -0.1) is 0 Å². The van der Waals surface area contributed by atoms with Crippen molar-refractivity contribution in [1.29, 1.82) is 5.26 Å². The first-order valence-electron chi connectivity index (χ1n) is 7.71. The zero-order chi connectivity index (χ0) is 15.4. The van der Waals surface area contributed by atoms with Crippen molar-refractivity contribution in [2.45, 2.75) is 30.4 Å². The van der Waals surface area contributed by atoms with Gasteiger partial charge in [0.15, 0.2) is 0 Å². The van der Waals surface area contributed by atoms with Crippen molar-refractivity contribution in [3.8, 4) is 6.07 Å². The number of fused-ring (bicyclic) bond motifs is 2. The summed E-state index contributed by atoms with van der Waals surface area (Å²) in [5.74, 6) is 2.30. The monoisotopic (exact) mass is 356 g/mol. The van der Waals surface area contributed by atoms with Crippen LogP contribution in [0.15, 0.2) is 42.5 Å². The van der Waals surface area contributed by atoms with Crippen LogP contribution in [0.2, 0.25) is 11.1 Å². The van der Waals surface area contributed by atoms with Gasteiger partial charge in [-0.25, -0.2) is 0 Å². The van der Waals surface area contributed by atoms with Crippen LogP contribution in [0.4, 0.5) is 11.4 Å². The molecular formula is C19H20N2Se. The zero-order valence-corrected chi connectivity index (χ0v) is 14.6. The second-order valence-electron chi connectivity index (χ2n) is 5.58. The van der Waals surface area contributed by atoms with Crippen LogP contribution in [-0.4, -0.2) is 21.5 Å². The molecule has 3 heteroatoms. The summed E-state index contributed by atoms with van der Waals surface area (Å²) < 4.78 is 0. The van der Waals surface area contributed by atoms with Crippen molar-refractivity contribution in [1.82, 2.24) is 0 Å². The first-order chi connectivity index (χ1) is 10.8. The maximum atomic E-state index is 9.24. The molecule has 2 aromatic carbocycles. The van der Waals surface area contributed by atoms with Gasteiger partial charge >= 0.3 is 139 Å². The van der Waals surface area contributed by atoms with E-state index in [0.29, 0.717) is 0 Å². The summed E-state index contributed by atoms with van der Waals surface area (Å²) in [6.07, 6.45) is 3.33. The van der Waals surface area contributed by atoms with Gasteiger partial charge in [0.25, 0.3) is 0 Å². The number of benzene rings is 2. The van der Waals surface area contributed by atoms with Crippen LogP contribution in [0.1, 0.15) is 23.1 Å². The molecule has 0 aliphatic carbocycles. The number of nitriles is 1. The predicted octanol–water partition coefficient (Wildman–Crippen LogP) is 4.36. The molecule has 1 heterocycles. The van der Waals surface area contributed by atoms with Crippen LogP contribution in [0.3, 0.4) is 0 Å². The molecule has 0 amide bonds. The molecule has 0 aromatic heterocycles. The van der Waals surface area contributed by atoms with E-state index in [4.69, 9.17) is 0 Å². The number of para-hydroxylation sites is 1. The molecule has 0 N–H and O–H groups in total. The van der Waals surface area contributed by atoms with E-state index in [1.807, 2.05) is 6.07 Å². The van der Waals surface area contributed by atoms with Gasteiger partial charge in [0.2, 0.25) is 0 Å². The molecule has 0 fully saturated rings. The first-order valence-corrected chi connectivity index (χ1v) is 10.6. The van der Waals surface area contributed by atoms with Crippen LogP contribution < -0.4 is 4.90 Å². The molecule has 0 radical (unpaired) electrons. The van der Waals surface area contributed by atoms with Crippen LogP contribution in [0, 0.1) is 11.3 Å². The van der Waals surface area contributed by atoms with Crippen molar-refractivity contribution in [2.75, 3.05) is 11.4 Å². The van der Waals surface area contributed by atoms with E-state index in [2.05, 4.69) is 53.2 Å². The normalized spacial score (nSPS) is 13.0. The summed E-state index contributed by atoms with van der Waals surface area (Å²) in [5, 5.41) is 10.5. The fraction of sp³-hybridized carbons (Fsp3) is 0.316. The third-order valence-electron chi connectivity index (χ3n) is 4.18. The van der Waals surface area contributed by atoms with Crippen molar-refractivity contribution < 1.29 is 0 Å². The summed E-state index contributed by atoms with van der Waals surface area (Å²) in [7, 11) is 0. The van der Waals surface area contributed by atoms with E-state index >= 15 is 0 Å². The van der Waals surface area contributed by atoms with E-state index in [0.717, 1.165) is 39.9 Å². The summed E-state index contributed by atoms with van der Waals surface area (Å²) in [4.78, 5) is 2.43. The number of rotatable bonds is 4. The summed E-state index contributed by atoms with van der Waals surface area (Å²) in [6, 6.07) is 17.1. The SMILES string of the molecule is C[Se]CCCN1c2ccccc2CCc2ccc(C#N)cc21. The van der Waals surface area contributed by atoms with Crippen molar-refractivity contribution in [3.05, 3.63) is 59.2 Å². The molecule has 2 aromatic rings. The second kappa shape index (κ2) is 7.01. The average molecular weight is 355 g/mol. The Morgan fingerprint density at radius 1 is 1.09 bits per heavy atom. The number of hydrogen-bond donors (Lipinski definition) is 0. The van der Waals surface area contributed by atoms with Crippen LogP contribution >= 0.6 is 0 Å². The standard InChI is InChI=1S/C19H20N2Se/c1-22-12-4-11-21-18-6-3-2-5-16(18)9-10-17-8-7-15(14-20)13-19(17)21/h2-3,5-8,13H,4,9-12H2,1H3. The Hall–Kier alpha value is -1.75. The minimum atomic E-state index is 0.725. The topological polar surface area (TPSA) is 27.0 Å². The Bertz CT molecular complexity index is 703. The Kier molecular flexibility index (Phi) is 4.83. The zero-order valence-electron chi connectivity index (χ0n) is 12.9. The number of hydrogen-bond acceptors (Lipinski definition) is 2. The van der Waals surface area contributed by atoms with Crippen molar-refractivity contribution >= 4 is 26.3 Å². The van der Waals surface area contributed by atoms with Crippen LogP contribution in [0.5, 0.6) is 0 Å². The molecule has 22 heavy (non-hydrogen) atoms. The molecule has 0 unspecified atom stereocenters. The molecular weight excluding hydrogens is 335 g/mol. The van der Waals surface area contributed by atoms with Crippen molar-refractivity contribution in [3.63, 3.8) is 0 Å². The van der Waals surface area contributed by atoms with Gasteiger partial charge in [-0.1, -0.05) is 0 Å². The Labute approximate surface area is 138 Å². The molecule has 1 aliphatic rings. The fourth-order valence-electron chi connectivity index (χ4n) is 3.09. The van der Waals surface area contributed by atoms with E-state index in [-0.39, 0.29) is 0 Å². The summed E-state index contributed by atoms with van der Waals surface area (Å²) in [6.45, 7) is 1.04. The Morgan fingerprint density at radius 2 is 1.86 bits per heavy atom. The van der Waals surface area contributed by atoms with Gasteiger partial charge in [0, 0.05) is 0 Å². The third-order valence-corrected chi connectivity index (χ3v) is 5.64. The molecule has 0 saturated carbocycles. The van der Waals surface area contributed by atoms with Gasteiger partial charge in [0.1, 0.15) is 0 Å². The van der Waals surface area contributed by atoms with E-state index in [1.54, 1.807) is 0 Å². The number of aryl methyl sites for hydroxylation is 2. The summed E-state index contributed by atoms with van der Waals surface area (Å²) in [5.41, 5.74) is 6.08. The molecule has 0 spiro atoms. The van der Waals surface area contributed by atoms with Gasteiger partial charge in [-0.05, 0) is 0 Å². The van der Waals surface area contributed by atoms with E-state index in [9.17, 15) is 5.26 Å². The quantitative estimate of drug-likeness (QED) is 0.602. The average Bonchev–Trinajstić information content (AvgIpc) is 2.72. The fourth-order valence-corrected chi connectivity index (χ4v) is 3.97. The van der Waals surface area contributed by atoms with Crippen molar-refractivity contribution in [2.24, 2.45) is 0 Å². The van der Waals surface area contributed by atoms with Gasteiger partial charge in [-0.2, -0.15) is 0 Å².